The Morgan fingerprint density at radius 3 is 2.59 bits per heavy atom. The van der Waals surface area contributed by atoms with Gasteiger partial charge in [0.1, 0.15) is 0 Å². The summed E-state index contributed by atoms with van der Waals surface area (Å²) in [5, 5.41) is 0. The molecular formula is C18H27N3O. The number of piperidine rings is 1. The van der Waals surface area contributed by atoms with Crippen LogP contribution in [0.3, 0.4) is 0 Å². The molecule has 1 atom stereocenters. The van der Waals surface area contributed by atoms with Gasteiger partial charge in [-0.25, -0.2) is 0 Å². The lowest BCUT2D eigenvalue weighted by Gasteiger charge is -2.31. The van der Waals surface area contributed by atoms with Gasteiger partial charge in [0.15, 0.2) is 0 Å². The Bertz CT molecular complexity index is 509. The fourth-order valence-corrected chi connectivity index (χ4v) is 3.60. The molecular weight excluding hydrogens is 274 g/mol. The van der Waals surface area contributed by atoms with E-state index in [-0.39, 0.29) is 5.91 Å². The monoisotopic (exact) mass is 301 g/mol. The Balaban J connectivity index is 1.73. The number of hydrogen-bond acceptors (Lipinski definition) is 3. The fraction of sp³-hybridized carbons (Fsp3) is 0.667. The summed E-state index contributed by atoms with van der Waals surface area (Å²) < 4.78 is 0. The van der Waals surface area contributed by atoms with Crippen molar-refractivity contribution in [2.24, 2.45) is 5.92 Å². The molecule has 1 unspecified atom stereocenters. The average Bonchev–Trinajstić information content (AvgIpc) is 2.83. The van der Waals surface area contributed by atoms with Crippen LogP contribution >= 0.6 is 0 Å². The van der Waals surface area contributed by atoms with Crippen LogP contribution in [0, 0.1) is 5.92 Å². The Morgan fingerprint density at radius 1 is 1.09 bits per heavy atom. The quantitative estimate of drug-likeness (QED) is 0.840. The van der Waals surface area contributed by atoms with Gasteiger partial charge in [-0.05, 0) is 37.7 Å². The van der Waals surface area contributed by atoms with Crippen LogP contribution in [0.25, 0.3) is 0 Å². The van der Waals surface area contributed by atoms with Crippen molar-refractivity contribution >= 4 is 11.6 Å². The molecule has 120 valence electrons. The summed E-state index contributed by atoms with van der Waals surface area (Å²) in [4.78, 5) is 21.4. The number of aromatic nitrogens is 1. The molecule has 1 amide bonds. The van der Waals surface area contributed by atoms with Crippen molar-refractivity contribution in [3.05, 3.63) is 24.0 Å². The highest BCUT2D eigenvalue weighted by Gasteiger charge is 2.23. The maximum Gasteiger partial charge on any atom is 0.255 e. The zero-order chi connectivity index (χ0) is 15.4. The van der Waals surface area contributed by atoms with Gasteiger partial charge in [0.05, 0.1) is 17.4 Å². The van der Waals surface area contributed by atoms with E-state index in [1.807, 2.05) is 17.2 Å². The van der Waals surface area contributed by atoms with Crippen LogP contribution in [0.2, 0.25) is 0 Å². The second-order valence-electron chi connectivity index (χ2n) is 6.83. The summed E-state index contributed by atoms with van der Waals surface area (Å²) in [6.07, 6.45) is 11.1. The van der Waals surface area contributed by atoms with E-state index < -0.39 is 0 Å². The van der Waals surface area contributed by atoms with E-state index in [0.29, 0.717) is 5.92 Å². The Labute approximate surface area is 133 Å². The van der Waals surface area contributed by atoms with Crippen LogP contribution in [0.5, 0.6) is 0 Å². The summed E-state index contributed by atoms with van der Waals surface area (Å²) in [6.45, 7) is 6.16. The molecule has 2 aliphatic rings. The molecule has 0 spiro atoms. The van der Waals surface area contributed by atoms with Crippen LogP contribution in [-0.2, 0) is 0 Å². The number of rotatable bonds is 2. The molecule has 0 radical (unpaired) electrons. The molecule has 1 aromatic rings. The first-order valence-corrected chi connectivity index (χ1v) is 8.73. The Morgan fingerprint density at radius 2 is 1.86 bits per heavy atom. The van der Waals surface area contributed by atoms with Gasteiger partial charge in [0.2, 0.25) is 0 Å². The second-order valence-corrected chi connectivity index (χ2v) is 6.83. The molecule has 4 nitrogen and oxygen atoms in total. The van der Waals surface area contributed by atoms with Gasteiger partial charge in [-0.3, -0.25) is 9.78 Å². The number of carbonyl (C=O) groups excluding carboxylic acids is 1. The predicted molar refractivity (Wildman–Crippen MR) is 89.2 cm³/mol. The standard InChI is InChI=1S/C18H27N3O/c1-15-7-6-10-21(14-15)18(22)16-11-17(13-19-12-16)20-8-4-2-3-5-9-20/h11-13,15H,2-10,14H2,1H3. The minimum atomic E-state index is 0.149. The molecule has 22 heavy (non-hydrogen) atoms. The first-order chi connectivity index (χ1) is 10.7. The summed E-state index contributed by atoms with van der Waals surface area (Å²) in [6, 6.07) is 2.04. The summed E-state index contributed by atoms with van der Waals surface area (Å²) in [7, 11) is 0. The fourth-order valence-electron chi connectivity index (χ4n) is 3.60. The van der Waals surface area contributed by atoms with Crippen molar-refractivity contribution in [3.8, 4) is 0 Å². The molecule has 2 fully saturated rings. The third-order valence-corrected chi connectivity index (χ3v) is 4.89. The van der Waals surface area contributed by atoms with Gasteiger partial charge in [-0.15, -0.1) is 0 Å². The molecule has 2 saturated heterocycles. The number of likely N-dealkylation sites (tertiary alicyclic amines) is 1. The maximum absolute atomic E-state index is 12.7. The third-order valence-electron chi connectivity index (χ3n) is 4.89. The van der Waals surface area contributed by atoms with E-state index in [4.69, 9.17) is 0 Å². The van der Waals surface area contributed by atoms with E-state index in [0.717, 1.165) is 43.9 Å². The van der Waals surface area contributed by atoms with Crippen molar-refractivity contribution in [2.75, 3.05) is 31.1 Å². The zero-order valence-corrected chi connectivity index (χ0v) is 13.6. The zero-order valence-electron chi connectivity index (χ0n) is 13.6. The average molecular weight is 301 g/mol. The largest absolute Gasteiger partial charge is 0.370 e. The molecule has 0 aliphatic carbocycles. The number of amides is 1. The number of pyridine rings is 1. The molecule has 3 rings (SSSR count). The van der Waals surface area contributed by atoms with Gasteiger partial charge < -0.3 is 9.80 Å². The number of carbonyl (C=O) groups is 1. The molecule has 0 bridgehead atoms. The van der Waals surface area contributed by atoms with Gasteiger partial charge >= 0.3 is 0 Å². The van der Waals surface area contributed by atoms with E-state index in [1.165, 1.54) is 32.1 Å². The maximum atomic E-state index is 12.7. The normalized spacial score (nSPS) is 23.2. The van der Waals surface area contributed by atoms with Crippen LogP contribution in [0.15, 0.2) is 18.5 Å². The molecule has 3 heterocycles. The van der Waals surface area contributed by atoms with Crippen LogP contribution in [0.4, 0.5) is 5.69 Å². The molecule has 2 aliphatic heterocycles. The Kier molecular flexibility index (Phi) is 4.96. The minimum absolute atomic E-state index is 0.149. The highest BCUT2D eigenvalue weighted by atomic mass is 16.2. The lowest BCUT2D eigenvalue weighted by Crippen LogP contribution is -2.39. The van der Waals surface area contributed by atoms with Crippen LogP contribution in [0.1, 0.15) is 55.8 Å². The SMILES string of the molecule is CC1CCCN(C(=O)c2cncc(N3CCCCCC3)c2)C1. The number of anilines is 1. The van der Waals surface area contributed by atoms with E-state index >= 15 is 0 Å². The molecule has 0 aromatic carbocycles. The van der Waals surface area contributed by atoms with Crippen molar-refractivity contribution < 1.29 is 4.79 Å². The summed E-state index contributed by atoms with van der Waals surface area (Å²) >= 11 is 0. The van der Waals surface area contributed by atoms with Crippen molar-refractivity contribution in [3.63, 3.8) is 0 Å². The molecule has 0 saturated carbocycles. The topological polar surface area (TPSA) is 36.4 Å². The van der Waals surface area contributed by atoms with Gasteiger partial charge in [-0.2, -0.15) is 0 Å². The minimum Gasteiger partial charge on any atom is -0.370 e. The van der Waals surface area contributed by atoms with Gasteiger partial charge in [-0.1, -0.05) is 19.8 Å². The lowest BCUT2D eigenvalue weighted by atomic mass is 10.00. The molecule has 0 N–H and O–H groups in total. The Hall–Kier alpha value is -1.58. The lowest BCUT2D eigenvalue weighted by molar-refractivity contribution is 0.0682. The van der Waals surface area contributed by atoms with Crippen molar-refractivity contribution in [1.29, 1.82) is 0 Å². The summed E-state index contributed by atoms with van der Waals surface area (Å²) in [5.74, 6) is 0.759. The van der Waals surface area contributed by atoms with Gasteiger partial charge in [0.25, 0.3) is 5.91 Å². The third kappa shape index (κ3) is 3.60. The smallest absolute Gasteiger partial charge is 0.255 e. The first-order valence-electron chi connectivity index (χ1n) is 8.73. The van der Waals surface area contributed by atoms with Crippen molar-refractivity contribution in [1.82, 2.24) is 9.88 Å². The molecule has 4 heteroatoms. The highest BCUT2D eigenvalue weighted by molar-refractivity contribution is 5.94. The van der Waals surface area contributed by atoms with E-state index in [1.54, 1.807) is 6.20 Å². The van der Waals surface area contributed by atoms with Gasteiger partial charge in [0, 0.05) is 32.4 Å². The highest BCUT2D eigenvalue weighted by Crippen LogP contribution is 2.22. The van der Waals surface area contributed by atoms with Crippen LogP contribution in [-0.4, -0.2) is 42.0 Å². The summed E-state index contributed by atoms with van der Waals surface area (Å²) in [5.41, 5.74) is 1.86. The predicted octanol–water partition coefficient (Wildman–Crippen LogP) is 3.33. The number of nitrogens with zero attached hydrogens (tertiary/aromatic N) is 3. The first kappa shape index (κ1) is 15.3. The second kappa shape index (κ2) is 7.12. The van der Waals surface area contributed by atoms with Crippen LogP contribution < -0.4 is 4.90 Å². The van der Waals surface area contributed by atoms with E-state index in [9.17, 15) is 4.79 Å². The van der Waals surface area contributed by atoms with E-state index in [2.05, 4.69) is 16.8 Å². The molecule has 1 aromatic heterocycles. The van der Waals surface area contributed by atoms with Crippen molar-refractivity contribution in [2.45, 2.75) is 45.4 Å². The number of hydrogen-bond donors (Lipinski definition) is 0.